The Balaban J connectivity index is 1.66. The number of nitrogens with two attached hydrogens (primary N) is 1. The van der Waals surface area contributed by atoms with E-state index in [9.17, 15) is 9.59 Å². The summed E-state index contributed by atoms with van der Waals surface area (Å²) in [5.74, 6) is 1.40. The van der Waals surface area contributed by atoms with Gasteiger partial charge in [0.2, 0.25) is 5.91 Å². The van der Waals surface area contributed by atoms with Gasteiger partial charge in [-0.3, -0.25) is 9.59 Å². The summed E-state index contributed by atoms with van der Waals surface area (Å²) in [6.45, 7) is 3.81. The van der Waals surface area contributed by atoms with Gasteiger partial charge in [0.05, 0.1) is 0 Å². The molecular formula is C19H20N2O3. The van der Waals surface area contributed by atoms with Gasteiger partial charge in [-0.2, -0.15) is 0 Å². The van der Waals surface area contributed by atoms with Crippen molar-refractivity contribution >= 4 is 11.8 Å². The Morgan fingerprint density at radius 1 is 1.00 bits per heavy atom. The van der Waals surface area contributed by atoms with E-state index in [1.54, 1.807) is 48.5 Å². The fourth-order valence-corrected chi connectivity index (χ4v) is 2.79. The third kappa shape index (κ3) is 3.56. The molecule has 2 amide bonds. The lowest BCUT2D eigenvalue weighted by molar-refractivity contribution is 0.0788. The van der Waals surface area contributed by atoms with Crippen LogP contribution in [0, 0.1) is 5.92 Å². The van der Waals surface area contributed by atoms with Crippen molar-refractivity contribution in [1.29, 1.82) is 0 Å². The molecule has 1 atom stereocenters. The number of hydrogen-bond donors (Lipinski definition) is 1. The van der Waals surface area contributed by atoms with E-state index in [0.29, 0.717) is 28.5 Å². The number of ether oxygens (including phenoxy) is 1. The molecule has 0 radical (unpaired) electrons. The quantitative estimate of drug-likeness (QED) is 0.939. The number of primary amides is 1. The highest BCUT2D eigenvalue weighted by Gasteiger charge is 2.23. The van der Waals surface area contributed by atoms with Crippen molar-refractivity contribution in [2.75, 3.05) is 13.1 Å². The minimum atomic E-state index is -0.472. The molecular weight excluding hydrogens is 304 g/mol. The first-order valence-electron chi connectivity index (χ1n) is 8.00. The highest BCUT2D eigenvalue weighted by molar-refractivity contribution is 5.94. The average Bonchev–Trinajstić information content (AvgIpc) is 3.02. The standard InChI is InChI=1S/C19H20N2O3/c1-13-10-11-21(12-13)19(23)15-4-8-17(9-5-15)24-16-6-2-14(3-7-16)18(20)22/h2-9,13H,10-12H2,1H3,(H2,20,22). The number of nitrogens with zero attached hydrogens (tertiary/aromatic N) is 1. The fraction of sp³-hybridized carbons (Fsp3) is 0.263. The van der Waals surface area contributed by atoms with Gasteiger partial charge < -0.3 is 15.4 Å². The monoisotopic (exact) mass is 324 g/mol. The summed E-state index contributed by atoms with van der Waals surface area (Å²) in [5.41, 5.74) is 6.31. The van der Waals surface area contributed by atoms with Crippen LogP contribution in [-0.2, 0) is 0 Å². The summed E-state index contributed by atoms with van der Waals surface area (Å²) in [7, 11) is 0. The van der Waals surface area contributed by atoms with Crippen LogP contribution in [-0.4, -0.2) is 29.8 Å². The second-order valence-electron chi connectivity index (χ2n) is 6.16. The Morgan fingerprint density at radius 3 is 2.00 bits per heavy atom. The smallest absolute Gasteiger partial charge is 0.253 e. The summed E-state index contributed by atoms with van der Waals surface area (Å²) >= 11 is 0. The van der Waals surface area contributed by atoms with Crippen LogP contribution in [0.1, 0.15) is 34.1 Å². The molecule has 1 heterocycles. The van der Waals surface area contributed by atoms with Crippen LogP contribution < -0.4 is 10.5 Å². The molecule has 0 aromatic heterocycles. The van der Waals surface area contributed by atoms with Crippen molar-refractivity contribution in [3.8, 4) is 11.5 Å². The molecule has 1 aliphatic heterocycles. The lowest BCUT2D eigenvalue weighted by Crippen LogP contribution is -2.28. The molecule has 5 heteroatoms. The molecule has 2 N–H and O–H groups in total. The Morgan fingerprint density at radius 2 is 1.54 bits per heavy atom. The molecule has 0 aliphatic carbocycles. The number of rotatable bonds is 4. The molecule has 3 rings (SSSR count). The first-order chi connectivity index (χ1) is 11.5. The van der Waals surface area contributed by atoms with Gasteiger partial charge >= 0.3 is 0 Å². The first kappa shape index (κ1) is 16.1. The minimum absolute atomic E-state index is 0.0664. The summed E-state index contributed by atoms with van der Waals surface area (Å²) in [5, 5.41) is 0. The Labute approximate surface area is 141 Å². The molecule has 1 fully saturated rings. The van der Waals surface area contributed by atoms with E-state index in [1.165, 1.54) is 0 Å². The molecule has 1 unspecified atom stereocenters. The van der Waals surface area contributed by atoms with Crippen LogP contribution in [0.15, 0.2) is 48.5 Å². The molecule has 1 saturated heterocycles. The maximum absolute atomic E-state index is 12.4. The Bertz CT molecular complexity index is 738. The molecule has 0 spiro atoms. The zero-order valence-electron chi connectivity index (χ0n) is 13.6. The summed E-state index contributed by atoms with van der Waals surface area (Å²) < 4.78 is 5.71. The summed E-state index contributed by atoms with van der Waals surface area (Å²) in [6, 6.07) is 13.7. The lowest BCUT2D eigenvalue weighted by atomic mass is 10.1. The van der Waals surface area contributed by atoms with Gasteiger partial charge in [0.15, 0.2) is 0 Å². The van der Waals surface area contributed by atoms with Crippen molar-refractivity contribution in [3.05, 3.63) is 59.7 Å². The van der Waals surface area contributed by atoms with Crippen LogP contribution in [0.2, 0.25) is 0 Å². The predicted octanol–water partition coefficient (Wildman–Crippen LogP) is 3.06. The third-order valence-electron chi connectivity index (χ3n) is 4.19. The van der Waals surface area contributed by atoms with Crippen LogP contribution in [0.4, 0.5) is 0 Å². The van der Waals surface area contributed by atoms with Gasteiger partial charge in [0, 0.05) is 24.2 Å². The Hall–Kier alpha value is -2.82. The Kier molecular flexibility index (Phi) is 4.51. The van der Waals surface area contributed by atoms with Crippen molar-refractivity contribution < 1.29 is 14.3 Å². The van der Waals surface area contributed by atoms with Crippen LogP contribution in [0.3, 0.4) is 0 Å². The molecule has 5 nitrogen and oxygen atoms in total. The van der Waals surface area contributed by atoms with Crippen LogP contribution in [0.25, 0.3) is 0 Å². The zero-order valence-corrected chi connectivity index (χ0v) is 13.6. The molecule has 2 aromatic carbocycles. The van der Waals surface area contributed by atoms with E-state index < -0.39 is 5.91 Å². The van der Waals surface area contributed by atoms with Crippen LogP contribution >= 0.6 is 0 Å². The van der Waals surface area contributed by atoms with Gasteiger partial charge in [-0.15, -0.1) is 0 Å². The van der Waals surface area contributed by atoms with Gasteiger partial charge in [-0.1, -0.05) is 6.92 Å². The number of amides is 2. The number of likely N-dealkylation sites (tertiary alicyclic amines) is 1. The van der Waals surface area contributed by atoms with E-state index in [2.05, 4.69) is 6.92 Å². The van der Waals surface area contributed by atoms with E-state index in [-0.39, 0.29) is 5.91 Å². The molecule has 1 aliphatic rings. The van der Waals surface area contributed by atoms with Crippen molar-refractivity contribution in [2.24, 2.45) is 11.7 Å². The van der Waals surface area contributed by atoms with Crippen LogP contribution in [0.5, 0.6) is 11.5 Å². The predicted molar refractivity (Wildman–Crippen MR) is 91.2 cm³/mol. The molecule has 24 heavy (non-hydrogen) atoms. The lowest BCUT2D eigenvalue weighted by Gasteiger charge is -2.16. The number of carbonyl (C=O) groups is 2. The second-order valence-corrected chi connectivity index (χ2v) is 6.16. The molecule has 124 valence electrons. The average molecular weight is 324 g/mol. The van der Waals surface area contributed by atoms with Gasteiger partial charge in [-0.25, -0.2) is 0 Å². The first-order valence-corrected chi connectivity index (χ1v) is 8.00. The molecule has 2 aromatic rings. The fourth-order valence-electron chi connectivity index (χ4n) is 2.79. The van der Waals surface area contributed by atoms with E-state index >= 15 is 0 Å². The SMILES string of the molecule is CC1CCN(C(=O)c2ccc(Oc3ccc(C(N)=O)cc3)cc2)C1. The van der Waals surface area contributed by atoms with E-state index in [1.807, 2.05) is 4.90 Å². The van der Waals surface area contributed by atoms with Crippen molar-refractivity contribution in [2.45, 2.75) is 13.3 Å². The minimum Gasteiger partial charge on any atom is -0.457 e. The highest BCUT2D eigenvalue weighted by atomic mass is 16.5. The van der Waals surface area contributed by atoms with Gasteiger partial charge in [0.25, 0.3) is 5.91 Å². The maximum atomic E-state index is 12.4. The second kappa shape index (κ2) is 6.74. The largest absolute Gasteiger partial charge is 0.457 e. The van der Waals surface area contributed by atoms with Gasteiger partial charge in [-0.05, 0) is 60.9 Å². The van der Waals surface area contributed by atoms with Gasteiger partial charge in [0.1, 0.15) is 11.5 Å². The van der Waals surface area contributed by atoms with E-state index in [0.717, 1.165) is 19.5 Å². The van der Waals surface area contributed by atoms with Crippen molar-refractivity contribution in [1.82, 2.24) is 4.90 Å². The molecule has 0 bridgehead atoms. The van der Waals surface area contributed by atoms with Crippen molar-refractivity contribution in [3.63, 3.8) is 0 Å². The normalized spacial score (nSPS) is 16.9. The number of benzene rings is 2. The number of carbonyl (C=O) groups excluding carboxylic acids is 2. The third-order valence-corrected chi connectivity index (χ3v) is 4.19. The van der Waals surface area contributed by atoms with E-state index in [4.69, 9.17) is 10.5 Å². The summed E-state index contributed by atoms with van der Waals surface area (Å²) in [6.07, 6.45) is 1.06. The number of hydrogen-bond acceptors (Lipinski definition) is 3. The highest BCUT2D eigenvalue weighted by Crippen LogP contribution is 2.23. The molecule has 0 saturated carbocycles. The summed E-state index contributed by atoms with van der Waals surface area (Å²) in [4.78, 5) is 25.3. The topological polar surface area (TPSA) is 72.6 Å². The zero-order chi connectivity index (χ0) is 17.1. The maximum Gasteiger partial charge on any atom is 0.253 e.